The Kier molecular flexibility index (Phi) is 7.86. The van der Waals surface area contributed by atoms with Crippen LogP contribution in [0.15, 0.2) is 48.3 Å². The number of methoxy groups -OCH3 is 1. The number of aromatic nitrogens is 2. The maximum Gasteiger partial charge on any atom is 0.123 e. The molecule has 0 aliphatic carbocycles. The predicted molar refractivity (Wildman–Crippen MR) is 116 cm³/mol. The van der Waals surface area contributed by atoms with Crippen LogP contribution in [0, 0.1) is 0 Å². The van der Waals surface area contributed by atoms with E-state index in [1.807, 2.05) is 16.9 Å². The van der Waals surface area contributed by atoms with Crippen LogP contribution in [-0.4, -0.2) is 70.6 Å². The Hall–Kier alpha value is -2.15. The molecule has 0 bridgehead atoms. The molecular formula is C23H34N4O2. The summed E-state index contributed by atoms with van der Waals surface area (Å²) >= 11 is 0. The summed E-state index contributed by atoms with van der Waals surface area (Å²) in [5.41, 5.74) is 3.77. The van der Waals surface area contributed by atoms with Crippen LogP contribution in [0.2, 0.25) is 0 Å². The highest BCUT2D eigenvalue weighted by atomic mass is 16.5. The lowest BCUT2D eigenvalue weighted by Gasteiger charge is -2.41. The quantitative estimate of drug-likeness (QED) is 0.659. The molecule has 6 nitrogen and oxygen atoms in total. The molecule has 1 aromatic carbocycles. The molecule has 29 heavy (non-hydrogen) atoms. The van der Waals surface area contributed by atoms with Gasteiger partial charge in [0.15, 0.2) is 0 Å². The number of nitrogens with zero attached hydrogens (tertiary/aromatic N) is 4. The molecule has 0 saturated carbocycles. The van der Waals surface area contributed by atoms with E-state index >= 15 is 0 Å². The molecule has 2 aromatic rings. The summed E-state index contributed by atoms with van der Waals surface area (Å²) in [6.07, 6.45) is 6.87. The molecule has 1 saturated heterocycles. The van der Waals surface area contributed by atoms with E-state index in [1.54, 1.807) is 13.3 Å². The van der Waals surface area contributed by atoms with E-state index in [4.69, 9.17) is 4.74 Å². The van der Waals surface area contributed by atoms with E-state index in [-0.39, 0.29) is 6.61 Å². The average molecular weight is 399 g/mol. The van der Waals surface area contributed by atoms with Gasteiger partial charge in [0.1, 0.15) is 5.75 Å². The van der Waals surface area contributed by atoms with E-state index in [2.05, 4.69) is 53.0 Å². The monoisotopic (exact) mass is 398 g/mol. The fourth-order valence-corrected chi connectivity index (χ4v) is 3.94. The van der Waals surface area contributed by atoms with Gasteiger partial charge >= 0.3 is 0 Å². The Balaban J connectivity index is 1.67. The van der Waals surface area contributed by atoms with Crippen LogP contribution < -0.4 is 4.74 Å². The summed E-state index contributed by atoms with van der Waals surface area (Å²) in [4.78, 5) is 5.00. The van der Waals surface area contributed by atoms with Crippen LogP contribution >= 0.6 is 0 Å². The number of aliphatic hydroxyl groups excluding tert-OH is 1. The van der Waals surface area contributed by atoms with Gasteiger partial charge in [-0.25, -0.2) is 0 Å². The maximum absolute atomic E-state index is 9.52. The molecule has 6 heteroatoms. The molecule has 1 N–H and O–H groups in total. The molecule has 2 heterocycles. The molecule has 0 spiro atoms. The van der Waals surface area contributed by atoms with Crippen molar-refractivity contribution in [1.82, 2.24) is 19.6 Å². The van der Waals surface area contributed by atoms with Gasteiger partial charge in [-0.2, -0.15) is 5.10 Å². The number of piperazine rings is 1. The van der Waals surface area contributed by atoms with Gasteiger partial charge in [-0.05, 0) is 44.0 Å². The molecule has 158 valence electrons. The molecule has 1 aromatic heterocycles. The first-order valence-corrected chi connectivity index (χ1v) is 10.4. The van der Waals surface area contributed by atoms with E-state index in [0.717, 1.165) is 50.5 Å². The SMILES string of the molecule is COc1ccc(CN2CCN(CC=C(C)C)[C@H](CCO)C2)cc1Cn1cccn1. The van der Waals surface area contributed by atoms with Crippen molar-refractivity contribution in [2.24, 2.45) is 0 Å². The standard InChI is InChI=1S/C23H34N4O2/c1-19(2)7-11-26-13-12-25(18-22(26)8-14-28)16-20-5-6-23(29-3)21(15-20)17-27-10-4-9-24-27/h4-7,9-10,15,22,28H,8,11-14,16-18H2,1-3H3/t22-/m1/s1. The van der Waals surface area contributed by atoms with Crippen molar-refractivity contribution in [3.8, 4) is 5.75 Å². The fraction of sp³-hybridized carbons (Fsp3) is 0.522. The van der Waals surface area contributed by atoms with Crippen molar-refractivity contribution in [2.45, 2.75) is 39.4 Å². The van der Waals surface area contributed by atoms with Gasteiger partial charge in [0.05, 0.1) is 13.7 Å². The summed E-state index contributed by atoms with van der Waals surface area (Å²) in [5.74, 6) is 0.897. The summed E-state index contributed by atoms with van der Waals surface area (Å²) in [6.45, 7) is 10.2. The van der Waals surface area contributed by atoms with Crippen molar-refractivity contribution in [3.05, 3.63) is 59.4 Å². The molecule has 0 radical (unpaired) electrons. The van der Waals surface area contributed by atoms with Crippen molar-refractivity contribution in [1.29, 1.82) is 0 Å². The zero-order valence-electron chi connectivity index (χ0n) is 17.9. The zero-order valence-corrected chi connectivity index (χ0v) is 17.9. The smallest absolute Gasteiger partial charge is 0.123 e. The van der Waals surface area contributed by atoms with E-state index in [1.165, 1.54) is 11.1 Å². The zero-order chi connectivity index (χ0) is 20.6. The van der Waals surface area contributed by atoms with Crippen LogP contribution in [0.5, 0.6) is 5.75 Å². The molecule has 1 aliphatic heterocycles. The minimum Gasteiger partial charge on any atom is -0.496 e. The highest BCUT2D eigenvalue weighted by Gasteiger charge is 2.26. The number of rotatable bonds is 9. The normalized spacial score (nSPS) is 18.0. The fourth-order valence-electron chi connectivity index (χ4n) is 3.94. The van der Waals surface area contributed by atoms with E-state index < -0.39 is 0 Å². The molecule has 0 amide bonds. The Morgan fingerprint density at radius 3 is 2.83 bits per heavy atom. The lowest BCUT2D eigenvalue weighted by molar-refractivity contribution is 0.0636. The second-order valence-corrected chi connectivity index (χ2v) is 8.03. The second kappa shape index (κ2) is 10.6. The maximum atomic E-state index is 9.52. The van der Waals surface area contributed by atoms with Gasteiger partial charge < -0.3 is 9.84 Å². The van der Waals surface area contributed by atoms with Gasteiger partial charge in [0.25, 0.3) is 0 Å². The van der Waals surface area contributed by atoms with Gasteiger partial charge in [0, 0.05) is 63.3 Å². The molecule has 1 fully saturated rings. The number of hydrogen-bond donors (Lipinski definition) is 1. The lowest BCUT2D eigenvalue weighted by Crippen LogP contribution is -2.53. The summed E-state index contributed by atoms with van der Waals surface area (Å²) < 4.78 is 7.47. The summed E-state index contributed by atoms with van der Waals surface area (Å²) in [6, 6.07) is 8.78. The van der Waals surface area contributed by atoms with Crippen molar-refractivity contribution in [3.63, 3.8) is 0 Å². The van der Waals surface area contributed by atoms with Gasteiger partial charge in [-0.3, -0.25) is 14.5 Å². The first-order valence-electron chi connectivity index (χ1n) is 10.4. The first kappa shape index (κ1) is 21.6. The second-order valence-electron chi connectivity index (χ2n) is 8.03. The molecular weight excluding hydrogens is 364 g/mol. The van der Waals surface area contributed by atoms with Gasteiger partial charge in [0.2, 0.25) is 0 Å². The van der Waals surface area contributed by atoms with Crippen molar-refractivity contribution >= 4 is 0 Å². The highest BCUT2D eigenvalue weighted by molar-refractivity contribution is 5.37. The van der Waals surface area contributed by atoms with Crippen LogP contribution in [-0.2, 0) is 13.1 Å². The molecule has 1 aliphatic rings. The third kappa shape index (κ3) is 6.16. The van der Waals surface area contributed by atoms with Crippen molar-refractivity contribution < 1.29 is 9.84 Å². The van der Waals surface area contributed by atoms with E-state index in [9.17, 15) is 5.11 Å². The van der Waals surface area contributed by atoms with E-state index in [0.29, 0.717) is 12.6 Å². The molecule has 0 unspecified atom stereocenters. The number of ether oxygens (including phenoxy) is 1. The Morgan fingerprint density at radius 1 is 1.28 bits per heavy atom. The van der Waals surface area contributed by atoms with Gasteiger partial charge in [-0.15, -0.1) is 0 Å². The summed E-state index contributed by atoms with van der Waals surface area (Å²) in [5, 5.41) is 13.8. The van der Waals surface area contributed by atoms with Gasteiger partial charge in [-0.1, -0.05) is 17.7 Å². The number of allylic oxidation sites excluding steroid dienone is 1. The van der Waals surface area contributed by atoms with Crippen LogP contribution in [0.3, 0.4) is 0 Å². The Labute approximate surface area is 174 Å². The number of hydrogen-bond acceptors (Lipinski definition) is 5. The number of aliphatic hydroxyl groups is 1. The molecule has 1 atom stereocenters. The minimum atomic E-state index is 0.236. The topological polar surface area (TPSA) is 53.8 Å². The third-order valence-electron chi connectivity index (χ3n) is 5.53. The van der Waals surface area contributed by atoms with Crippen LogP contribution in [0.1, 0.15) is 31.4 Å². The Bertz CT molecular complexity index is 784. The first-order chi connectivity index (χ1) is 14.1. The highest BCUT2D eigenvalue weighted by Crippen LogP contribution is 2.23. The van der Waals surface area contributed by atoms with Crippen LogP contribution in [0.4, 0.5) is 0 Å². The largest absolute Gasteiger partial charge is 0.496 e. The lowest BCUT2D eigenvalue weighted by atomic mass is 10.1. The minimum absolute atomic E-state index is 0.236. The van der Waals surface area contributed by atoms with Crippen LogP contribution in [0.25, 0.3) is 0 Å². The summed E-state index contributed by atoms with van der Waals surface area (Å²) in [7, 11) is 1.72. The Morgan fingerprint density at radius 2 is 2.14 bits per heavy atom. The third-order valence-corrected chi connectivity index (χ3v) is 5.53. The number of benzene rings is 1. The predicted octanol–water partition coefficient (Wildman–Crippen LogP) is 2.77. The average Bonchev–Trinajstić information content (AvgIpc) is 3.21. The van der Waals surface area contributed by atoms with Crippen molar-refractivity contribution in [2.75, 3.05) is 39.9 Å². The molecule has 3 rings (SSSR count).